The second kappa shape index (κ2) is 9.95. The van der Waals surface area contributed by atoms with Gasteiger partial charge in [0.25, 0.3) is 5.91 Å². The minimum absolute atomic E-state index is 0.0407. The molecule has 0 aliphatic heterocycles. The highest BCUT2D eigenvalue weighted by atomic mass is 32.1. The number of carbonyl (C=O) groups excluding carboxylic acids is 1. The zero-order valence-electron chi connectivity index (χ0n) is 20.2. The number of aryl methyl sites for hydroxylation is 2. The van der Waals surface area contributed by atoms with Gasteiger partial charge in [0.1, 0.15) is 17.5 Å². The lowest BCUT2D eigenvalue weighted by Gasteiger charge is -2.30. The lowest BCUT2D eigenvalue weighted by molar-refractivity contribution is 0.0926. The highest BCUT2D eigenvalue weighted by Crippen LogP contribution is 2.24. The lowest BCUT2D eigenvalue weighted by Crippen LogP contribution is -2.40. The van der Waals surface area contributed by atoms with E-state index in [4.69, 9.17) is 0 Å². The number of hydrogen-bond acceptors (Lipinski definition) is 6. The molecule has 3 aromatic rings. The number of thiophene rings is 1. The molecule has 1 amide bonds. The smallest absolute Gasteiger partial charge is 0.253 e. The summed E-state index contributed by atoms with van der Waals surface area (Å²) in [6.07, 6.45) is 3.93. The summed E-state index contributed by atoms with van der Waals surface area (Å²) in [6.45, 7) is 6.85. The second-order valence-corrected chi connectivity index (χ2v) is 10.2. The van der Waals surface area contributed by atoms with E-state index in [9.17, 15) is 4.79 Å². The molecule has 1 saturated carbocycles. The number of carbonyl (C=O) groups is 1. The van der Waals surface area contributed by atoms with Crippen LogP contribution in [0.4, 0.5) is 11.6 Å². The highest BCUT2D eigenvalue weighted by Gasteiger charge is 2.25. The summed E-state index contributed by atoms with van der Waals surface area (Å²) >= 11 is 1.75. The molecule has 0 unspecified atom stereocenters. The van der Waals surface area contributed by atoms with Crippen LogP contribution in [0.25, 0.3) is 0 Å². The molecule has 3 heterocycles. The number of nitrogens with zero attached hydrogens (tertiary/aromatic N) is 4. The van der Waals surface area contributed by atoms with Crippen LogP contribution in [-0.2, 0) is 6.54 Å². The molecule has 0 bridgehead atoms. The zero-order chi connectivity index (χ0) is 23.5. The van der Waals surface area contributed by atoms with Gasteiger partial charge >= 0.3 is 0 Å². The monoisotopic (exact) mass is 466 g/mol. The zero-order valence-corrected chi connectivity index (χ0v) is 21.0. The Morgan fingerprint density at radius 1 is 1.12 bits per heavy atom. The van der Waals surface area contributed by atoms with E-state index in [0.29, 0.717) is 6.04 Å². The van der Waals surface area contributed by atoms with Crippen LogP contribution in [0.2, 0.25) is 0 Å². The van der Waals surface area contributed by atoms with Crippen LogP contribution in [0.15, 0.2) is 29.6 Å². The van der Waals surface area contributed by atoms with E-state index >= 15 is 0 Å². The minimum atomic E-state index is 0.0407. The molecule has 7 nitrogen and oxygen atoms in total. The first-order valence-electron chi connectivity index (χ1n) is 11.6. The molecular weight excluding hydrogens is 432 g/mol. The predicted octanol–water partition coefficient (Wildman–Crippen LogP) is 4.53. The average molecular weight is 467 g/mol. The largest absolute Gasteiger partial charge is 0.367 e. The second-order valence-electron chi connectivity index (χ2n) is 9.17. The molecule has 1 aliphatic carbocycles. The molecule has 3 aromatic heterocycles. The van der Waals surface area contributed by atoms with Crippen molar-refractivity contribution in [3.63, 3.8) is 0 Å². The molecule has 0 radical (unpaired) electrons. The van der Waals surface area contributed by atoms with Crippen LogP contribution in [-0.4, -0.2) is 46.6 Å². The van der Waals surface area contributed by atoms with Crippen molar-refractivity contribution >= 4 is 28.9 Å². The number of anilines is 2. The Balaban J connectivity index is 1.33. The third-order valence-electron chi connectivity index (χ3n) is 6.41. The summed E-state index contributed by atoms with van der Waals surface area (Å²) in [6, 6.07) is 8.79. The number of nitrogens with one attached hydrogen (secondary N) is 2. The van der Waals surface area contributed by atoms with Crippen molar-refractivity contribution in [1.29, 1.82) is 0 Å². The molecule has 33 heavy (non-hydrogen) atoms. The van der Waals surface area contributed by atoms with Gasteiger partial charge in [0.2, 0.25) is 0 Å². The molecule has 1 aliphatic rings. The SMILES string of the molecule is Cc1nc(NC2CCC(NC(=O)c3cc(C)n(Cc4cccs4)c3C)CC2)cc(N(C)C)n1. The maximum Gasteiger partial charge on any atom is 0.253 e. The Kier molecular flexibility index (Phi) is 7.02. The van der Waals surface area contributed by atoms with Crippen LogP contribution < -0.4 is 15.5 Å². The van der Waals surface area contributed by atoms with E-state index in [-0.39, 0.29) is 11.9 Å². The minimum Gasteiger partial charge on any atom is -0.367 e. The average Bonchev–Trinajstić information content (AvgIpc) is 3.38. The molecule has 8 heteroatoms. The van der Waals surface area contributed by atoms with Gasteiger partial charge in [-0.15, -0.1) is 11.3 Å². The summed E-state index contributed by atoms with van der Waals surface area (Å²) in [5.41, 5.74) is 2.94. The highest BCUT2D eigenvalue weighted by molar-refractivity contribution is 7.09. The Morgan fingerprint density at radius 3 is 2.52 bits per heavy atom. The van der Waals surface area contributed by atoms with Crippen LogP contribution in [0.3, 0.4) is 0 Å². The van der Waals surface area contributed by atoms with Crippen LogP contribution in [0, 0.1) is 20.8 Å². The normalized spacial score (nSPS) is 18.2. The van der Waals surface area contributed by atoms with Crippen molar-refractivity contribution < 1.29 is 4.79 Å². The van der Waals surface area contributed by atoms with Crippen molar-refractivity contribution in [2.24, 2.45) is 0 Å². The number of hydrogen-bond donors (Lipinski definition) is 2. The Labute approximate surface area is 200 Å². The number of aromatic nitrogens is 3. The van der Waals surface area contributed by atoms with E-state index in [2.05, 4.69) is 49.6 Å². The Morgan fingerprint density at radius 2 is 1.85 bits per heavy atom. The number of rotatable bonds is 7. The lowest BCUT2D eigenvalue weighted by atomic mass is 9.91. The van der Waals surface area contributed by atoms with Gasteiger partial charge in [-0.2, -0.15) is 0 Å². The molecule has 2 N–H and O–H groups in total. The first kappa shape index (κ1) is 23.3. The summed E-state index contributed by atoms with van der Waals surface area (Å²) in [7, 11) is 3.97. The molecule has 4 rings (SSSR count). The van der Waals surface area contributed by atoms with Gasteiger partial charge in [-0.3, -0.25) is 4.79 Å². The fraction of sp³-hybridized carbons (Fsp3) is 0.480. The summed E-state index contributed by atoms with van der Waals surface area (Å²) in [4.78, 5) is 25.3. The fourth-order valence-electron chi connectivity index (χ4n) is 4.54. The standard InChI is InChI=1S/C25H34N6OS/c1-16-13-22(17(2)31(16)15-21-7-6-12-33-21)25(32)29-20-10-8-19(9-11-20)28-23-14-24(30(4)5)27-18(3)26-23/h6-7,12-14,19-20H,8-11,15H2,1-5H3,(H,29,32)(H,26,27,28). The van der Waals surface area contributed by atoms with E-state index in [1.165, 1.54) is 4.88 Å². The van der Waals surface area contributed by atoms with Crippen molar-refractivity contribution in [3.8, 4) is 0 Å². The van der Waals surface area contributed by atoms with Gasteiger partial charge in [0, 0.05) is 48.5 Å². The van der Waals surface area contributed by atoms with Gasteiger partial charge in [0.05, 0.1) is 12.1 Å². The van der Waals surface area contributed by atoms with E-state index in [1.807, 2.05) is 45.0 Å². The van der Waals surface area contributed by atoms with Crippen molar-refractivity contribution in [1.82, 2.24) is 19.9 Å². The van der Waals surface area contributed by atoms with Gasteiger partial charge in [-0.05, 0) is 64.0 Å². The van der Waals surface area contributed by atoms with Crippen molar-refractivity contribution in [2.75, 3.05) is 24.3 Å². The molecule has 0 spiro atoms. The van der Waals surface area contributed by atoms with E-state index in [0.717, 1.165) is 66.6 Å². The van der Waals surface area contributed by atoms with Gasteiger partial charge in [-0.25, -0.2) is 9.97 Å². The van der Waals surface area contributed by atoms with E-state index in [1.54, 1.807) is 11.3 Å². The van der Waals surface area contributed by atoms with Gasteiger partial charge in [-0.1, -0.05) is 6.07 Å². The topological polar surface area (TPSA) is 75.1 Å². The third-order valence-corrected chi connectivity index (χ3v) is 7.27. The molecule has 0 atom stereocenters. The first-order chi connectivity index (χ1) is 15.8. The predicted molar refractivity (Wildman–Crippen MR) is 136 cm³/mol. The van der Waals surface area contributed by atoms with Gasteiger partial charge < -0.3 is 20.1 Å². The quantitative estimate of drug-likeness (QED) is 0.535. The summed E-state index contributed by atoms with van der Waals surface area (Å²) in [5.74, 6) is 2.58. The van der Waals surface area contributed by atoms with Crippen LogP contribution in [0.1, 0.15) is 58.1 Å². The van der Waals surface area contributed by atoms with Crippen molar-refractivity contribution in [3.05, 3.63) is 57.3 Å². The van der Waals surface area contributed by atoms with Crippen LogP contribution >= 0.6 is 11.3 Å². The third kappa shape index (κ3) is 5.55. The Bertz CT molecular complexity index is 1100. The molecule has 1 fully saturated rings. The van der Waals surface area contributed by atoms with E-state index < -0.39 is 0 Å². The van der Waals surface area contributed by atoms with Crippen molar-refractivity contribution in [2.45, 2.75) is 65.1 Å². The van der Waals surface area contributed by atoms with Gasteiger partial charge in [0.15, 0.2) is 0 Å². The molecule has 176 valence electrons. The summed E-state index contributed by atoms with van der Waals surface area (Å²) < 4.78 is 2.23. The maximum absolute atomic E-state index is 13.1. The maximum atomic E-state index is 13.1. The number of amides is 1. The molecule has 0 saturated heterocycles. The first-order valence-corrected chi connectivity index (χ1v) is 12.5. The Hall–Kier alpha value is -2.87. The molecular formula is C25H34N6OS. The summed E-state index contributed by atoms with van der Waals surface area (Å²) in [5, 5.41) is 8.95. The fourth-order valence-corrected chi connectivity index (χ4v) is 5.23. The molecule has 0 aromatic carbocycles. The van der Waals surface area contributed by atoms with Crippen LogP contribution in [0.5, 0.6) is 0 Å².